The molecule has 4 heteroatoms. The Morgan fingerprint density at radius 2 is 2.10 bits per heavy atom. The van der Waals surface area contributed by atoms with Crippen LogP contribution in [0.5, 0.6) is 5.75 Å². The molecular weight excluding hydrogens is 264 g/mol. The van der Waals surface area contributed by atoms with E-state index >= 15 is 0 Å². The van der Waals surface area contributed by atoms with Crippen LogP contribution in [-0.4, -0.2) is 43.6 Å². The minimum atomic E-state index is -0.0183. The lowest BCUT2D eigenvalue weighted by Gasteiger charge is -2.26. The maximum Gasteiger partial charge on any atom is 0.251 e. The Hall–Kier alpha value is -1.55. The molecule has 0 aromatic heterocycles. The van der Waals surface area contributed by atoms with Crippen molar-refractivity contribution in [3.8, 4) is 5.75 Å². The zero-order valence-corrected chi connectivity index (χ0v) is 12.9. The second-order valence-electron chi connectivity index (χ2n) is 5.47. The Labute approximate surface area is 127 Å². The van der Waals surface area contributed by atoms with Crippen LogP contribution in [-0.2, 0) is 0 Å². The number of likely N-dealkylation sites (tertiary alicyclic amines) is 1. The standard InChI is InChI=1S/C17H26N2O2/c1-2-21-16-9-6-8-15(14-16)17(20)18-10-7-13-19-11-4-3-5-12-19/h6,8-9,14H,2-5,7,10-13H2,1H3,(H,18,20). The van der Waals surface area contributed by atoms with E-state index in [1.54, 1.807) is 6.07 Å². The Morgan fingerprint density at radius 3 is 2.86 bits per heavy atom. The summed E-state index contributed by atoms with van der Waals surface area (Å²) >= 11 is 0. The number of hydrogen-bond acceptors (Lipinski definition) is 3. The molecule has 0 unspecified atom stereocenters. The third-order valence-electron chi connectivity index (χ3n) is 3.79. The van der Waals surface area contributed by atoms with Crippen LogP contribution >= 0.6 is 0 Å². The highest BCUT2D eigenvalue weighted by Crippen LogP contribution is 2.13. The van der Waals surface area contributed by atoms with Crippen molar-refractivity contribution in [2.24, 2.45) is 0 Å². The van der Waals surface area contributed by atoms with Gasteiger partial charge in [-0.15, -0.1) is 0 Å². The first-order chi connectivity index (χ1) is 10.3. The molecule has 1 aromatic carbocycles. The quantitative estimate of drug-likeness (QED) is 0.785. The predicted molar refractivity (Wildman–Crippen MR) is 84.9 cm³/mol. The summed E-state index contributed by atoms with van der Waals surface area (Å²) in [6.07, 6.45) is 5.01. The lowest BCUT2D eigenvalue weighted by atomic mass is 10.1. The van der Waals surface area contributed by atoms with Crippen molar-refractivity contribution in [2.45, 2.75) is 32.6 Å². The Kier molecular flexibility index (Phi) is 6.54. The van der Waals surface area contributed by atoms with E-state index in [9.17, 15) is 4.79 Å². The lowest BCUT2D eigenvalue weighted by molar-refractivity contribution is 0.0950. The average Bonchev–Trinajstić information content (AvgIpc) is 2.53. The zero-order chi connectivity index (χ0) is 14.9. The third-order valence-corrected chi connectivity index (χ3v) is 3.79. The van der Waals surface area contributed by atoms with E-state index in [-0.39, 0.29) is 5.91 Å². The summed E-state index contributed by atoms with van der Waals surface area (Å²) in [6.45, 7) is 6.79. The molecule has 1 N–H and O–H groups in total. The van der Waals surface area contributed by atoms with Crippen molar-refractivity contribution < 1.29 is 9.53 Å². The molecule has 1 aliphatic rings. The summed E-state index contributed by atoms with van der Waals surface area (Å²) in [4.78, 5) is 14.6. The van der Waals surface area contributed by atoms with Gasteiger partial charge >= 0.3 is 0 Å². The van der Waals surface area contributed by atoms with Gasteiger partial charge < -0.3 is 15.0 Å². The molecule has 0 atom stereocenters. The number of nitrogens with zero attached hydrogens (tertiary/aromatic N) is 1. The van der Waals surface area contributed by atoms with Gasteiger partial charge in [0.1, 0.15) is 5.75 Å². The normalized spacial score (nSPS) is 15.7. The van der Waals surface area contributed by atoms with Crippen LogP contribution in [0.2, 0.25) is 0 Å². The molecule has 21 heavy (non-hydrogen) atoms. The number of benzene rings is 1. The van der Waals surface area contributed by atoms with Crippen molar-refractivity contribution in [2.75, 3.05) is 32.8 Å². The molecule has 116 valence electrons. The van der Waals surface area contributed by atoms with Crippen molar-refractivity contribution in [1.29, 1.82) is 0 Å². The van der Waals surface area contributed by atoms with Crippen LogP contribution in [0.4, 0.5) is 0 Å². The highest BCUT2D eigenvalue weighted by molar-refractivity contribution is 5.94. The van der Waals surface area contributed by atoms with Gasteiger partial charge in [-0.3, -0.25) is 4.79 Å². The average molecular weight is 290 g/mol. The summed E-state index contributed by atoms with van der Waals surface area (Å²) in [5, 5.41) is 2.99. The number of carbonyl (C=O) groups is 1. The van der Waals surface area contributed by atoms with Gasteiger partial charge in [0, 0.05) is 12.1 Å². The van der Waals surface area contributed by atoms with Crippen molar-refractivity contribution in [3.63, 3.8) is 0 Å². The fraction of sp³-hybridized carbons (Fsp3) is 0.588. The van der Waals surface area contributed by atoms with Crippen LogP contribution < -0.4 is 10.1 Å². The highest BCUT2D eigenvalue weighted by atomic mass is 16.5. The predicted octanol–water partition coefficient (Wildman–Crippen LogP) is 2.69. The van der Waals surface area contributed by atoms with Gasteiger partial charge in [-0.1, -0.05) is 12.5 Å². The first-order valence-electron chi connectivity index (χ1n) is 8.03. The SMILES string of the molecule is CCOc1cccc(C(=O)NCCCN2CCCCC2)c1. The molecule has 0 saturated carbocycles. The smallest absolute Gasteiger partial charge is 0.251 e. The van der Waals surface area contributed by atoms with Gasteiger partial charge in [-0.2, -0.15) is 0 Å². The summed E-state index contributed by atoms with van der Waals surface area (Å²) in [7, 11) is 0. The molecular formula is C17H26N2O2. The molecule has 1 aromatic rings. The minimum Gasteiger partial charge on any atom is -0.494 e. The van der Waals surface area contributed by atoms with Crippen molar-refractivity contribution in [3.05, 3.63) is 29.8 Å². The summed E-state index contributed by atoms with van der Waals surface area (Å²) in [5.74, 6) is 0.730. The fourth-order valence-electron chi connectivity index (χ4n) is 2.68. The number of carbonyl (C=O) groups excluding carboxylic acids is 1. The van der Waals surface area contributed by atoms with E-state index in [0.29, 0.717) is 12.2 Å². The molecule has 4 nitrogen and oxygen atoms in total. The maximum atomic E-state index is 12.1. The van der Waals surface area contributed by atoms with E-state index in [0.717, 1.165) is 25.3 Å². The highest BCUT2D eigenvalue weighted by Gasteiger charge is 2.10. The van der Waals surface area contributed by atoms with E-state index < -0.39 is 0 Å². The van der Waals surface area contributed by atoms with Gasteiger partial charge in [0.2, 0.25) is 0 Å². The van der Waals surface area contributed by atoms with Crippen LogP contribution in [0.1, 0.15) is 43.0 Å². The largest absolute Gasteiger partial charge is 0.494 e. The second-order valence-corrected chi connectivity index (χ2v) is 5.47. The number of amides is 1. The van der Waals surface area contributed by atoms with E-state index in [1.807, 2.05) is 25.1 Å². The molecule has 1 heterocycles. The molecule has 0 bridgehead atoms. The van der Waals surface area contributed by atoms with Gasteiger partial charge in [0.25, 0.3) is 5.91 Å². The van der Waals surface area contributed by atoms with E-state index in [2.05, 4.69) is 10.2 Å². The van der Waals surface area contributed by atoms with Gasteiger partial charge in [-0.05, 0) is 64.0 Å². The van der Waals surface area contributed by atoms with Crippen LogP contribution in [0.3, 0.4) is 0 Å². The summed E-state index contributed by atoms with van der Waals surface area (Å²) < 4.78 is 5.41. The van der Waals surface area contributed by atoms with Crippen LogP contribution in [0, 0.1) is 0 Å². The monoisotopic (exact) mass is 290 g/mol. The number of piperidine rings is 1. The molecule has 1 amide bonds. The fourth-order valence-corrected chi connectivity index (χ4v) is 2.68. The van der Waals surface area contributed by atoms with Gasteiger partial charge in [0.15, 0.2) is 0 Å². The van der Waals surface area contributed by atoms with Crippen molar-refractivity contribution >= 4 is 5.91 Å². The summed E-state index contributed by atoms with van der Waals surface area (Å²) in [6, 6.07) is 7.34. The van der Waals surface area contributed by atoms with Crippen molar-refractivity contribution in [1.82, 2.24) is 10.2 Å². The number of ether oxygens (including phenoxy) is 1. The first kappa shape index (κ1) is 15.8. The summed E-state index contributed by atoms with van der Waals surface area (Å²) in [5.41, 5.74) is 0.666. The van der Waals surface area contributed by atoms with Crippen LogP contribution in [0.25, 0.3) is 0 Å². The molecule has 1 fully saturated rings. The number of nitrogens with one attached hydrogen (secondary N) is 1. The Morgan fingerprint density at radius 1 is 1.29 bits per heavy atom. The topological polar surface area (TPSA) is 41.6 Å². The molecule has 1 saturated heterocycles. The molecule has 1 aliphatic heterocycles. The number of hydrogen-bond donors (Lipinski definition) is 1. The van der Waals surface area contributed by atoms with Crippen LogP contribution in [0.15, 0.2) is 24.3 Å². The zero-order valence-electron chi connectivity index (χ0n) is 12.9. The van der Waals surface area contributed by atoms with Gasteiger partial charge in [0.05, 0.1) is 6.61 Å². The molecule has 2 rings (SSSR count). The third kappa shape index (κ3) is 5.38. The minimum absolute atomic E-state index is 0.0183. The Balaban J connectivity index is 1.70. The first-order valence-corrected chi connectivity index (χ1v) is 8.03. The van der Waals surface area contributed by atoms with E-state index in [4.69, 9.17) is 4.74 Å². The molecule has 0 spiro atoms. The Bertz CT molecular complexity index is 442. The number of rotatable bonds is 7. The second kappa shape index (κ2) is 8.67. The molecule has 0 aliphatic carbocycles. The van der Waals surface area contributed by atoms with Gasteiger partial charge in [-0.25, -0.2) is 0 Å². The van der Waals surface area contributed by atoms with E-state index in [1.165, 1.54) is 32.4 Å². The molecule has 0 radical (unpaired) electrons. The lowest BCUT2D eigenvalue weighted by Crippen LogP contribution is -2.33. The maximum absolute atomic E-state index is 12.1.